The van der Waals surface area contributed by atoms with Crippen molar-refractivity contribution in [2.24, 2.45) is 34.5 Å². The lowest BCUT2D eigenvalue weighted by Crippen LogP contribution is -2.56. The van der Waals surface area contributed by atoms with E-state index in [4.69, 9.17) is 0 Å². The number of aliphatic carboxylic acids is 2. The number of carboxylic acids is 2. The van der Waals surface area contributed by atoms with Gasteiger partial charge in [0.05, 0.1) is 28.9 Å². The molecule has 0 heterocycles. The molecule has 6 unspecified atom stereocenters. The summed E-state index contributed by atoms with van der Waals surface area (Å²) >= 11 is 0. The lowest BCUT2D eigenvalue weighted by atomic mass is 9.68. The van der Waals surface area contributed by atoms with Crippen LogP contribution in [0.5, 0.6) is 0 Å². The molecule has 10 heteroatoms. The van der Waals surface area contributed by atoms with E-state index < -0.39 is 68.8 Å². The van der Waals surface area contributed by atoms with Crippen LogP contribution in [0.3, 0.4) is 0 Å². The summed E-state index contributed by atoms with van der Waals surface area (Å²) in [7, 11) is -4.29. The van der Waals surface area contributed by atoms with Crippen LogP contribution in [-0.4, -0.2) is 69.4 Å². The van der Waals surface area contributed by atoms with Crippen LogP contribution in [-0.2, 0) is 19.6 Å². The number of aliphatic hydroxyl groups excluding tert-OH is 2. The van der Waals surface area contributed by atoms with Gasteiger partial charge >= 0.3 is 11.9 Å². The fourth-order valence-corrected chi connectivity index (χ4v) is 10.7. The molecule has 0 aliphatic heterocycles. The van der Waals surface area contributed by atoms with E-state index in [-0.39, 0.29) is 29.7 Å². The average molecular weight is 528 g/mol. The summed E-state index contributed by atoms with van der Waals surface area (Å²) < 4.78 is 30.4. The lowest BCUT2D eigenvalue weighted by Gasteiger charge is -2.48. The van der Waals surface area contributed by atoms with Crippen molar-refractivity contribution in [3.8, 4) is 0 Å². The number of carbonyl (C=O) groups is 2. The van der Waals surface area contributed by atoms with Crippen molar-refractivity contribution in [1.82, 2.24) is 4.31 Å². The minimum Gasteiger partial charge on any atom is -0.481 e. The standard InChI is InChI=1S/C26H41NO8S/c1-14-18(23(30)31)12-17(13-19(14)24(32)33)27(16-8-6-5-7-9-16)36(34,35)15(2)26-11-10-20(25(26,3)4)21(28)22(26)29/h14,16-22,28-29H,2,5-13H2,1,3-4H3,(H,30,31)(H,32,33). The third-order valence-electron chi connectivity index (χ3n) is 10.5. The van der Waals surface area contributed by atoms with E-state index >= 15 is 0 Å². The second-order valence-electron chi connectivity index (χ2n) is 12.2. The van der Waals surface area contributed by atoms with Gasteiger partial charge < -0.3 is 20.4 Å². The highest BCUT2D eigenvalue weighted by Gasteiger charge is 2.71. The molecule has 0 aromatic carbocycles. The Labute approximate surface area is 213 Å². The summed E-state index contributed by atoms with van der Waals surface area (Å²) in [6.45, 7) is 9.42. The van der Waals surface area contributed by atoms with Gasteiger partial charge in [-0.15, -0.1) is 0 Å². The second kappa shape index (κ2) is 9.36. The average Bonchev–Trinajstić information content (AvgIpc) is 3.16. The molecule has 4 fully saturated rings. The molecular weight excluding hydrogens is 486 g/mol. The fraction of sp³-hybridized carbons (Fsp3) is 0.846. The first-order chi connectivity index (χ1) is 16.7. The molecule has 4 aliphatic rings. The molecule has 4 N–H and O–H groups in total. The highest BCUT2D eigenvalue weighted by molar-refractivity contribution is 7.93. The van der Waals surface area contributed by atoms with Crippen LogP contribution in [0.4, 0.5) is 0 Å². The van der Waals surface area contributed by atoms with Crippen LogP contribution in [0.1, 0.15) is 78.6 Å². The van der Waals surface area contributed by atoms with Gasteiger partial charge in [0.2, 0.25) is 10.0 Å². The van der Waals surface area contributed by atoms with Crippen LogP contribution in [0, 0.1) is 34.5 Å². The quantitative estimate of drug-likeness (QED) is 0.394. The molecule has 204 valence electrons. The molecule has 0 spiro atoms. The number of carboxylic acid groups (broad SMARTS) is 2. The van der Waals surface area contributed by atoms with Crippen molar-refractivity contribution in [2.45, 2.75) is 103 Å². The van der Waals surface area contributed by atoms with Crippen LogP contribution >= 0.6 is 0 Å². The van der Waals surface area contributed by atoms with E-state index in [1.54, 1.807) is 6.92 Å². The van der Waals surface area contributed by atoms with Crippen molar-refractivity contribution < 1.29 is 38.4 Å². The summed E-state index contributed by atoms with van der Waals surface area (Å²) in [5, 5.41) is 41.6. The molecule has 4 rings (SSSR count). The van der Waals surface area contributed by atoms with Gasteiger partial charge in [-0.05, 0) is 55.8 Å². The zero-order chi connectivity index (χ0) is 26.8. The minimum atomic E-state index is -4.29. The Balaban J connectivity index is 1.79. The number of hydrogen-bond donors (Lipinski definition) is 4. The molecule has 0 saturated heterocycles. The topological polar surface area (TPSA) is 152 Å². The fourth-order valence-electron chi connectivity index (χ4n) is 8.33. The first kappa shape index (κ1) is 27.5. The smallest absolute Gasteiger partial charge is 0.306 e. The Hall–Kier alpha value is -1.49. The number of fused-ring (bicyclic) bond motifs is 2. The third kappa shape index (κ3) is 3.85. The number of rotatable bonds is 7. The number of sulfonamides is 1. The van der Waals surface area contributed by atoms with Crippen LogP contribution in [0.25, 0.3) is 0 Å². The van der Waals surface area contributed by atoms with Gasteiger partial charge in [0.15, 0.2) is 0 Å². The molecule has 0 aromatic rings. The maximum atomic E-state index is 14.5. The molecule has 0 amide bonds. The SMILES string of the molecule is C=C(C12CCC(C(O)C1O)C2(C)C)S(=O)(=O)N(C1CCCCC1)C1CC(C(=O)O)C(C)C(C(=O)O)C1. The zero-order valence-electron chi connectivity index (χ0n) is 21.5. The highest BCUT2D eigenvalue weighted by atomic mass is 32.2. The van der Waals surface area contributed by atoms with Crippen molar-refractivity contribution >= 4 is 22.0 Å². The van der Waals surface area contributed by atoms with Gasteiger partial charge in [-0.25, -0.2) is 8.42 Å². The summed E-state index contributed by atoms with van der Waals surface area (Å²) in [5.74, 6) is -5.09. The van der Waals surface area contributed by atoms with E-state index in [0.717, 1.165) is 19.3 Å². The van der Waals surface area contributed by atoms with Gasteiger partial charge in [-0.1, -0.05) is 46.6 Å². The monoisotopic (exact) mass is 527 g/mol. The van der Waals surface area contributed by atoms with Gasteiger partial charge in [-0.2, -0.15) is 4.31 Å². The number of hydrogen-bond acceptors (Lipinski definition) is 6. The van der Waals surface area contributed by atoms with Crippen molar-refractivity contribution in [2.75, 3.05) is 0 Å². The number of nitrogens with zero attached hydrogens (tertiary/aromatic N) is 1. The molecule has 0 aromatic heterocycles. The molecule has 0 radical (unpaired) electrons. The van der Waals surface area contributed by atoms with E-state index in [0.29, 0.717) is 25.7 Å². The largest absolute Gasteiger partial charge is 0.481 e. The molecule has 2 bridgehead atoms. The van der Waals surface area contributed by atoms with E-state index in [9.17, 15) is 38.4 Å². The summed E-state index contributed by atoms with van der Waals surface area (Å²) in [5.41, 5.74) is -1.94. The Morgan fingerprint density at radius 2 is 1.44 bits per heavy atom. The van der Waals surface area contributed by atoms with E-state index in [1.807, 2.05) is 13.8 Å². The molecule has 4 saturated carbocycles. The Bertz CT molecular complexity index is 995. The molecule has 9 nitrogen and oxygen atoms in total. The predicted molar refractivity (Wildman–Crippen MR) is 132 cm³/mol. The van der Waals surface area contributed by atoms with E-state index in [1.165, 1.54) is 4.31 Å². The molecule has 4 aliphatic carbocycles. The van der Waals surface area contributed by atoms with E-state index in [2.05, 4.69) is 6.58 Å². The third-order valence-corrected chi connectivity index (χ3v) is 12.6. The maximum Gasteiger partial charge on any atom is 0.306 e. The van der Waals surface area contributed by atoms with Crippen LogP contribution in [0.2, 0.25) is 0 Å². The normalized spacial score (nSPS) is 40.9. The molecular formula is C26H41NO8S. The summed E-state index contributed by atoms with van der Waals surface area (Å²) in [4.78, 5) is 24.1. The Kier molecular flexibility index (Phi) is 7.16. The van der Waals surface area contributed by atoms with Crippen molar-refractivity contribution in [3.05, 3.63) is 11.5 Å². The first-order valence-electron chi connectivity index (χ1n) is 13.2. The maximum absolute atomic E-state index is 14.5. The Morgan fingerprint density at radius 1 is 0.917 bits per heavy atom. The summed E-state index contributed by atoms with van der Waals surface area (Å²) in [6.07, 6.45) is 2.57. The van der Waals surface area contributed by atoms with Crippen LogP contribution < -0.4 is 0 Å². The minimum absolute atomic E-state index is 0.0352. The second-order valence-corrected chi connectivity index (χ2v) is 14.1. The van der Waals surface area contributed by atoms with Crippen molar-refractivity contribution in [1.29, 1.82) is 0 Å². The van der Waals surface area contributed by atoms with Crippen molar-refractivity contribution in [3.63, 3.8) is 0 Å². The predicted octanol–water partition coefficient (Wildman–Crippen LogP) is 2.82. The Morgan fingerprint density at radius 3 is 1.89 bits per heavy atom. The van der Waals surface area contributed by atoms with Gasteiger partial charge in [-0.3, -0.25) is 9.59 Å². The number of aliphatic hydroxyl groups is 2. The van der Waals surface area contributed by atoms with Gasteiger partial charge in [0, 0.05) is 17.5 Å². The zero-order valence-corrected chi connectivity index (χ0v) is 22.3. The van der Waals surface area contributed by atoms with Gasteiger partial charge in [0.25, 0.3) is 0 Å². The lowest BCUT2D eigenvalue weighted by molar-refractivity contribution is -0.153. The highest BCUT2D eigenvalue weighted by Crippen LogP contribution is 2.69. The summed E-state index contributed by atoms with van der Waals surface area (Å²) in [6, 6.07) is -1.18. The molecule has 6 atom stereocenters. The molecule has 36 heavy (non-hydrogen) atoms. The van der Waals surface area contributed by atoms with Crippen LogP contribution in [0.15, 0.2) is 11.5 Å². The first-order valence-corrected chi connectivity index (χ1v) is 14.7. The van der Waals surface area contributed by atoms with Gasteiger partial charge in [0.1, 0.15) is 0 Å².